The van der Waals surface area contributed by atoms with E-state index in [1.54, 1.807) is 0 Å². The Balaban J connectivity index is 2.48. The Kier molecular flexibility index (Phi) is 3.39. The molecule has 0 spiro atoms. The van der Waals surface area contributed by atoms with Crippen molar-refractivity contribution in [2.45, 2.75) is 47.0 Å². The molecular weight excluding hydrogens is 160 g/mol. The number of aliphatic hydroxyl groups excluding tert-OH is 1. The molecule has 0 saturated heterocycles. The predicted octanol–water partition coefficient (Wildman–Crippen LogP) is 3.08. The average Bonchev–Trinajstić information content (AvgIpc) is 1.93. The Morgan fingerprint density at radius 3 is 1.92 bits per heavy atom. The minimum atomic E-state index is 0.372. The lowest BCUT2D eigenvalue weighted by Gasteiger charge is -2.54. The summed E-state index contributed by atoms with van der Waals surface area (Å²) < 4.78 is 0. The fourth-order valence-corrected chi connectivity index (χ4v) is 3.01. The van der Waals surface area contributed by atoms with Gasteiger partial charge in [-0.25, -0.2) is 0 Å². The van der Waals surface area contributed by atoms with Crippen LogP contribution >= 0.6 is 0 Å². The van der Waals surface area contributed by atoms with Crippen LogP contribution in [0.25, 0.3) is 0 Å². The van der Waals surface area contributed by atoms with E-state index in [1.807, 2.05) is 0 Å². The average molecular weight is 184 g/mol. The summed E-state index contributed by atoms with van der Waals surface area (Å²) in [7, 11) is 0. The molecule has 78 valence electrons. The molecule has 0 unspecified atom stereocenters. The van der Waals surface area contributed by atoms with Gasteiger partial charge in [-0.15, -0.1) is 0 Å². The van der Waals surface area contributed by atoms with Crippen LogP contribution in [0.3, 0.4) is 0 Å². The van der Waals surface area contributed by atoms with Crippen molar-refractivity contribution in [3.63, 3.8) is 0 Å². The molecule has 1 saturated carbocycles. The van der Waals surface area contributed by atoms with E-state index in [4.69, 9.17) is 5.11 Å². The van der Waals surface area contributed by atoms with Crippen molar-refractivity contribution in [1.82, 2.24) is 0 Å². The second kappa shape index (κ2) is 4.00. The molecule has 0 radical (unpaired) electrons. The second-order valence-electron chi connectivity index (χ2n) is 5.33. The van der Waals surface area contributed by atoms with Gasteiger partial charge in [-0.2, -0.15) is 0 Å². The van der Waals surface area contributed by atoms with Crippen LogP contribution in [0.1, 0.15) is 47.0 Å². The van der Waals surface area contributed by atoms with Gasteiger partial charge in [-0.05, 0) is 42.4 Å². The smallest absolute Gasteiger partial charge is 0.0433 e. The first-order valence-electron chi connectivity index (χ1n) is 5.63. The van der Waals surface area contributed by atoms with Crippen LogP contribution in [0.5, 0.6) is 0 Å². The number of hydrogen-bond acceptors (Lipinski definition) is 1. The zero-order valence-corrected chi connectivity index (χ0v) is 9.51. The summed E-state index contributed by atoms with van der Waals surface area (Å²) in [5.41, 5.74) is 0.583. The molecule has 1 heteroatoms. The minimum Gasteiger partial charge on any atom is -0.396 e. The molecule has 0 bridgehead atoms. The van der Waals surface area contributed by atoms with Gasteiger partial charge in [-0.1, -0.05) is 27.7 Å². The van der Waals surface area contributed by atoms with Crippen molar-refractivity contribution < 1.29 is 5.11 Å². The van der Waals surface area contributed by atoms with Crippen LogP contribution in [-0.2, 0) is 0 Å². The van der Waals surface area contributed by atoms with Crippen molar-refractivity contribution in [3.8, 4) is 0 Å². The molecule has 1 N–H and O–H groups in total. The van der Waals surface area contributed by atoms with Gasteiger partial charge in [0, 0.05) is 6.61 Å². The summed E-state index contributed by atoms with van der Waals surface area (Å²) in [6.45, 7) is 9.74. The van der Waals surface area contributed by atoms with Crippen LogP contribution in [-0.4, -0.2) is 11.7 Å². The second-order valence-corrected chi connectivity index (χ2v) is 5.33. The van der Waals surface area contributed by atoms with Gasteiger partial charge in [0.15, 0.2) is 0 Å². The van der Waals surface area contributed by atoms with E-state index < -0.39 is 0 Å². The fraction of sp³-hybridized carbons (Fsp3) is 1.00. The molecule has 0 aromatic carbocycles. The van der Waals surface area contributed by atoms with Crippen molar-refractivity contribution in [3.05, 3.63) is 0 Å². The highest BCUT2D eigenvalue weighted by Crippen LogP contribution is 2.56. The highest BCUT2D eigenvalue weighted by molar-refractivity contribution is 4.97. The van der Waals surface area contributed by atoms with Gasteiger partial charge < -0.3 is 5.11 Å². The van der Waals surface area contributed by atoms with E-state index in [2.05, 4.69) is 27.7 Å². The standard InChI is InChI=1S/C12H24O/c1-9(2)12(10(3)4)7-11(8-12)5-6-13/h9-11,13H,5-8H2,1-4H3. The van der Waals surface area contributed by atoms with E-state index in [9.17, 15) is 0 Å². The first-order valence-corrected chi connectivity index (χ1v) is 5.63. The number of rotatable bonds is 4. The Labute approximate surface area is 82.5 Å². The molecule has 1 nitrogen and oxygen atoms in total. The van der Waals surface area contributed by atoms with E-state index in [1.165, 1.54) is 12.8 Å². The Hall–Kier alpha value is -0.0400. The monoisotopic (exact) mass is 184 g/mol. The Morgan fingerprint density at radius 2 is 1.62 bits per heavy atom. The molecule has 0 heterocycles. The molecule has 0 aromatic heterocycles. The van der Waals surface area contributed by atoms with Gasteiger partial charge in [0.05, 0.1) is 0 Å². The summed E-state index contributed by atoms with van der Waals surface area (Å²) in [6, 6.07) is 0. The molecule has 0 aromatic rings. The topological polar surface area (TPSA) is 20.2 Å². The summed E-state index contributed by atoms with van der Waals surface area (Å²) in [6.07, 6.45) is 3.69. The summed E-state index contributed by atoms with van der Waals surface area (Å²) >= 11 is 0. The SMILES string of the molecule is CC(C)C1(C(C)C)CC(CCO)C1. The Bertz CT molecular complexity index is 145. The predicted molar refractivity (Wildman–Crippen MR) is 56.5 cm³/mol. The van der Waals surface area contributed by atoms with Gasteiger partial charge >= 0.3 is 0 Å². The first kappa shape index (κ1) is 11.0. The number of hydrogen-bond donors (Lipinski definition) is 1. The molecule has 1 aliphatic carbocycles. The van der Waals surface area contributed by atoms with Crippen LogP contribution in [0.4, 0.5) is 0 Å². The molecule has 0 amide bonds. The fourth-order valence-electron chi connectivity index (χ4n) is 3.01. The zero-order valence-electron chi connectivity index (χ0n) is 9.51. The molecular formula is C12H24O. The Morgan fingerprint density at radius 1 is 1.15 bits per heavy atom. The molecule has 13 heavy (non-hydrogen) atoms. The lowest BCUT2D eigenvalue weighted by atomic mass is 9.51. The minimum absolute atomic E-state index is 0.372. The van der Waals surface area contributed by atoms with Crippen LogP contribution < -0.4 is 0 Å². The molecule has 1 fully saturated rings. The third kappa shape index (κ3) is 1.90. The normalized spacial score (nSPS) is 22.4. The molecule has 0 aliphatic heterocycles. The maximum Gasteiger partial charge on any atom is 0.0433 e. The van der Waals surface area contributed by atoms with Gasteiger partial charge in [0.1, 0.15) is 0 Å². The van der Waals surface area contributed by atoms with Gasteiger partial charge in [0.25, 0.3) is 0 Å². The lowest BCUT2D eigenvalue weighted by molar-refractivity contribution is -0.0468. The quantitative estimate of drug-likeness (QED) is 0.712. The summed E-state index contributed by atoms with van der Waals surface area (Å²) in [4.78, 5) is 0. The number of aliphatic hydroxyl groups is 1. The molecule has 0 atom stereocenters. The first-order chi connectivity index (χ1) is 6.03. The lowest BCUT2D eigenvalue weighted by Crippen LogP contribution is -2.45. The van der Waals surface area contributed by atoms with Crippen molar-refractivity contribution in [2.75, 3.05) is 6.61 Å². The van der Waals surface area contributed by atoms with Crippen molar-refractivity contribution >= 4 is 0 Å². The zero-order chi connectivity index (χ0) is 10.1. The third-order valence-corrected chi connectivity index (χ3v) is 4.17. The van der Waals surface area contributed by atoms with Crippen molar-refractivity contribution in [2.24, 2.45) is 23.2 Å². The summed E-state index contributed by atoms with van der Waals surface area (Å²) in [5, 5.41) is 8.85. The van der Waals surface area contributed by atoms with Crippen molar-refractivity contribution in [1.29, 1.82) is 0 Å². The van der Waals surface area contributed by atoms with Gasteiger partial charge in [-0.3, -0.25) is 0 Å². The summed E-state index contributed by atoms with van der Waals surface area (Å²) in [5.74, 6) is 2.39. The maximum atomic E-state index is 8.85. The van der Waals surface area contributed by atoms with Crippen LogP contribution in [0.2, 0.25) is 0 Å². The van der Waals surface area contributed by atoms with E-state index >= 15 is 0 Å². The van der Waals surface area contributed by atoms with Gasteiger partial charge in [0.2, 0.25) is 0 Å². The van der Waals surface area contributed by atoms with E-state index in [0.717, 1.165) is 24.2 Å². The molecule has 1 aliphatic rings. The van der Waals surface area contributed by atoms with Crippen LogP contribution in [0.15, 0.2) is 0 Å². The van der Waals surface area contributed by atoms with E-state index in [-0.39, 0.29) is 0 Å². The van der Waals surface area contributed by atoms with Crippen LogP contribution in [0, 0.1) is 23.2 Å². The molecule has 1 rings (SSSR count). The highest BCUT2D eigenvalue weighted by Gasteiger charge is 2.47. The maximum absolute atomic E-state index is 8.85. The third-order valence-electron chi connectivity index (χ3n) is 4.17. The largest absolute Gasteiger partial charge is 0.396 e. The van der Waals surface area contributed by atoms with E-state index in [0.29, 0.717) is 12.0 Å². The highest BCUT2D eigenvalue weighted by atomic mass is 16.3.